The van der Waals surface area contributed by atoms with Crippen molar-refractivity contribution in [2.45, 2.75) is 24.7 Å². The molecule has 0 bridgehead atoms. The van der Waals surface area contributed by atoms with Crippen molar-refractivity contribution in [3.8, 4) is 0 Å². The minimum absolute atomic E-state index is 0.0562. The van der Waals surface area contributed by atoms with E-state index in [1.807, 2.05) is 0 Å². The van der Waals surface area contributed by atoms with Gasteiger partial charge >= 0.3 is 0 Å². The molecule has 1 aliphatic heterocycles. The Morgan fingerprint density at radius 1 is 1.00 bits per heavy atom. The standard InChI is InChI=1S/C22H23Cl2N3O2S2/c1-2-16-6-8-17(9-7-16)14-18-15-30-22(25-18)26-10-12-27(13-11-26)31(28,29)20-5-3-4-19(23)21(20)24/h3-9,15H,2,10-14H2,1H3. The average Bonchev–Trinajstić information content (AvgIpc) is 3.24. The molecule has 164 valence electrons. The molecule has 2 aromatic carbocycles. The van der Waals surface area contributed by atoms with Crippen LogP contribution in [0.25, 0.3) is 0 Å². The fourth-order valence-electron chi connectivity index (χ4n) is 3.57. The van der Waals surface area contributed by atoms with Crippen LogP contribution in [0.3, 0.4) is 0 Å². The first-order valence-corrected chi connectivity index (χ1v) is 13.2. The second-order valence-electron chi connectivity index (χ2n) is 7.41. The van der Waals surface area contributed by atoms with Gasteiger partial charge in [-0.05, 0) is 29.7 Å². The van der Waals surface area contributed by atoms with Crippen LogP contribution in [0, 0.1) is 0 Å². The number of rotatable bonds is 6. The maximum atomic E-state index is 13.0. The van der Waals surface area contributed by atoms with E-state index in [9.17, 15) is 8.42 Å². The third-order valence-corrected chi connectivity index (χ3v) is 9.22. The smallest absolute Gasteiger partial charge is 0.244 e. The maximum absolute atomic E-state index is 13.0. The van der Waals surface area contributed by atoms with E-state index < -0.39 is 10.0 Å². The number of nitrogens with zero attached hydrogens (tertiary/aromatic N) is 3. The van der Waals surface area contributed by atoms with Gasteiger partial charge in [-0.1, -0.05) is 60.5 Å². The normalized spacial score (nSPS) is 15.4. The number of piperazine rings is 1. The van der Waals surface area contributed by atoms with Gasteiger partial charge in [-0.3, -0.25) is 0 Å². The van der Waals surface area contributed by atoms with Crippen LogP contribution in [0.1, 0.15) is 23.7 Å². The van der Waals surface area contributed by atoms with Crippen molar-refractivity contribution in [2.24, 2.45) is 0 Å². The highest BCUT2D eigenvalue weighted by atomic mass is 35.5. The Kier molecular flexibility index (Phi) is 6.89. The lowest BCUT2D eigenvalue weighted by Gasteiger charge is -2.34. The predicted molar refractivity (Wildman–Crippen MR) is 128 cm³/mol. The summed E-state index contributed by atoms with van der Waals surface area (Å²) in [6.45, 7) is 4.05. The van der Waals surface area contributed by atoms with Gasteiger partial charge in [-0.2, -0.15) is 4.31 Å². The Morgan fingerprint density at radius 2 is 1.68 bits per heavy atom. The first-order valence-electron chi connectivity index (χ1n) is 10.1. The zero-order chi connectivity index (χ0) is 22.0. The zero-order valence-corrected chi connectivity index (χ0v) is 20.2. The predicted octanol–water partition coefficient (Wildman–Crippen LogP) is 5.11. The number of hydrogen-bond acceptors (Lipinski definition) is 5. The SMILES string of the molecule is CCc1ccc(Cc2csc(N3CCN(S(=O)(=O)c4cccc(Cl)c4Cl)CC3)n2)cc1. The van der Waals surface area contributed by atoms with Crippen molar-refractivity contribution >= 4 is 49.7 Å². The lowest BCUT2D eigenvalue weighted by molar-refractivity contribution is 0.384. The number of hydrogen-bond donors (Lipinski definition) is 0. The molecule has 1 saturated heterocycles. The van der Waals surface area contributed by atoms with E-state index >= 15 is 0 Å². The number of sulfonamides is 1. The highest BCUT2D eigenvalue weighted by Gasteiger charge is 2.31. The number of benzene rings is 2. The molecule has 0 radical (unpaired) electrons. The summed E-state index contributed by atoms with van der Waals surface area (Å²) in [5, 5.41) is 3.32. The summed E-state index contributed by atoms with van der Waals surface area (Å²) < 4.78 is 27.5. The number of anilines is 1. The van der Waals surface area contributed by atoms with E-state index in [4.69, 9.17) is 28.2 Å². The zero-order valence-electron chi connectivity index (χ0n) is 17.1. The van der Waals surface area contributed by atoms with Gasteiger partial charge in [0.2, 0.25) is 10.0 Å². The first kappa shape index (κ1) is 22.6. The van der Waals surface area contributed by atoms with Crippen LogP contribution in [0.2, 0.25) is 10.0 Å². The van der Waals surface area contributed by atoms with Gasteiger partial charge in [-0.25, -0.2) is 13.4 Å². The molecule has 5 nitrogen and oxygen atoms in total. The molecule has 2 heterocycles. The summed E-state index contributed by atoms with van der Waals surface area (Å²) in [5.41, 5.74) is 3.60. The summed E-state index contributed by atoms with van der Waals surface area (Å²) in [6.07, 6.45) is 1.83. The molecule has 0 atom stereocenters. The first-order chi connectivity index (χ1) is 14.9. The molecule has 0 amide bonds. The van der Waals surface area contributed by atoms with Gasteiger partial charge in [0, 0.05) is 38.0 Å². The Labute approximate surface area is 197 Å². The summed E-state index contributed by atoms with van der Waals surface area (Å²) in [4.78, 5) is 6.98. The van der Waals surface area contributed by atoms with Crippen LogP contribution in [0.15, 0.2) is 52.7 Å². The van der Waals surface area contributed by atoms with Crippen LogP contribution < -0.4 is 4.90 Å². The van der Waals surface area contributed by atoms with Crippen LogP contribution in [0.5, 0.6) is 0 Å². The number of halogens is 2. The van der Waals surface area contributed by atoms with E-state index in [0.29, 0.717) is 26.2 Å². The molecule has 0 spiro atoms. The Hall–Kier alpha value is -1.64. The maximum Gasteiger partial charge on any atom is 0.244 e. The third-order valence-electron chi connectivity index (χ3n) is 5.40. The molecule has 0 unspecified atom stereocenters. The fraction of sp³-hybridized carbons (Fsp3) is 0.318. The van der Waals surface area contributed by atoms with Crippen LogP contribution in [-0.4, -0.2) is 43.9 Å². The van der Waals surface area contributed by atoms with Crippen LogP contribution >= 0.6 is 34.5 Å². The van der Waals surface area contributed by atoms with Crippen molar-refractivity contribution in [2.75, 3.05) is 31.1 Å². The molecule has 9 heteroatoms. The molecule has 31 heavy (non-hydrogen) atoms. The molecule has 4 rings (SSSR count). The molecule has 3 aromatic rings. The Bertz CT molecular complexity index is 1160. The van der Waals surface area contributed by atoms with E-state index in [0.717, 1.165) is 23.7 Å². The van der Waals surface area contributed by atoms with Crippen molar-refractivity contribution in [3.63, 3.8) is 0 Å². The van der Waals surface area contributed by atoms with Gasteiger partial charge in [0.1, 0.15) is 4.90 Å². The largest absolute Gasteiger partial charge is 0.345 e. The molecule has 1 aromatic heterocycles. The van der Waals surface area contributed by atoms with Crippen LogP contribution in [-0.2, 0) is 22.9 Å². The van der Waals surface area contributed by atoms with Gasteiger partial charge in [0.05, 0.1) is 15.7 Å². The highest BCUT2D eigenvalue weighted by molar-refractivity contribution is 7.89. The lowest BCUT2D eigenvalue weighted by atomic mass is 10.1. The summed E-state index contributed by atoms with van der Waals surface area (Å²) in [5.74, 6) is 0. The quantitative estimate of drug-likeness (QED) is 0.476. The molecular formula is C22H23Cl2N3O2S2. The van der Waals surface area contributed by atoms with E-state index in [2.05, 4.69) is 41.5 Å². The Morgan fingerprint density at radius 3 is 2.35 bits per heavy atom. The molecule has 0 saturated carbocycles. The summed E-state index contributed by atoms with van der Waals surface area (Å²) >= 11 is 13.8. The number of thiazole rings is 1. The van der Waals surface area contributed by atoms with Gasteiger partial charge in [-0.15, -0.1) is 11.3 Å². The van der Waals surface area contributed by atoms with E-state index in [1.54, 1.807) is 23.5 Å². The molecule has 1 fully saturated rings. The second kappa shape index (κ2) is 9.46. The third kappa shape index (κ3) is 4.91. The molecule has 0 aliphatic carbocycles. The summed E-state index contributed by atoms with van der Waals surface area (Å²) in [7, 11) is -3.69. The minimum atomic E-state index is -3.69. The van der Waals surface area contributed by atoms with Crippen LogP contribution in [0.4, 0.5) is 5.13 Å². The highest BCUT2D eigenvalue weighted by Crippen LogP contribution is 2.32. The summed E-state index contributed by atoms with van der Waals surface area (Å²) in [6, 6.07) is 13.3. The van der Waals surface area contributed by atoms with E-state index in [1.165, 1.54) is 21.5 Å². The minimum Gasteiger partial charge on any atom is -0.345 e. The molecular weight excluding hydrogens is 473 g/mol. The molecule has 1 aliphatic rings. The number of aryl methyl sites for hydroxylation is 1. The molecule has 0 N–H and O–H groups in total. The second-order valence-corrected chi connectivity index (χ2v) is 10.9. The fourth-order valence-corrected chi connectivity index (χ4v) is 6.60. The van der Waals surface area contributed by atoms with Gasteiger partial charge in [0.15, 0.2) is 5.13 Å². The Balaban J connectivity index is 1.40. The van der Waals surface area contributed by atoms with Crippen molar-refractivity contribution < 1.29 is 8.42 Å². The van der Waals surface area contributed by atoms with Crippen molar-refractivity contribution in [3.05, 3.63) is 74.7 Å². The van der Waals surface area contributed by atoms with Crippen molar-refractivity contribution in [1.29, 1.82) is 0 Å². The van der Waals surface area contributed by atoms with E-state index in [-0.39, 0.29) is 14.9 Å². The van der Waals surface area contributed by atoms with Gasteiger partial charge in [0.25, 0.3) is 0 Å². The van der Waals surface area contributed by atoms with Crippen molar-refractivity contribution in [1.82, 2.24) is 9.29 Å². The average molecular weight is 496 g/mol. The van der Waals surface area contributed by atoms with Gasteiger partial charge < -0.3 is 4.90 Å². The number of aromatic nitrogens is 1. The topological polar surface area (TPSA) is 53.5 Å². The lowest BCUT2D eigenvalue weighted by Crippen LogP contribution is -2.48. The monoisotopic (exact) mass is 495 g/mol.